The summed E-state index contributed by atoms with van der Waals surface area (Å²) in [4.78, 5) is 82.0. The topological polar surface area (TPSA) is 252 Å². The molecule has 0 radical (unpaired) electrons. The number of hydrogen-bond acceptors (Lipinski definition) is 18. The number of piperidine rings is 2. The summed E-state index contributed by atoms with van der Waals surface area (Å²) >= 11 is 0. The SMILES string of the molecule is CC1CCN(Cc2c(O)ccc3c(-c4cc5ccccc5oc4=O)cc(=O)oc23)CC1.O=c1cc(-c2cc3ccccc3oc2=O)c2ccc(O)c(CN3CCCC3)c2o1.O=c1cc(-c2cc3ccccc3oc2=O)c2ccc(O)c(CN3CCCCC3)c2o1. The highest BCUT2D eigenvalue weighted by atomic mass is 16.4. The number of phenolic OH excluding ortho intramolecular Hbond substituents is 3. The van der Waals surface area contributed by atoms with Crippen molar-refractivity contribution in [1.82, 2.24) is 14.7 Å². The van der Waals surface area contributed by atoms with E-state index < -0.39 is 33.8 Å². The number of hydrogen-bond donors (Lipinski definition) is 3. The van der Waals surface area contributed by atoms with E-state index in [9.17, 15) is 44.1 Å². The molecule has 0 atom stereocenters. The third-order valence-corrected chi connectivity index (χ3v) is 17.4. The van der Waals surface area contributed by atoms with Crippen LogP contribution in [0.15, 0.2) is 201 Å². The number of rotatable bonds is 9. The lowest BCUT2D eigenvalue weighted by molar-refractivity contribution is 0.183. The molecule has 0 amide bonds. The summed E-state index contributed by atoms with van der Waals surface area (Å²) in [6, 6.07) is 40.6. The molecule has 3 aliphatic heterocycles. The largest absolute Gasteiger partial charge is 0.507 e. The van der Waals surface area contributed by atoms with Gasteiger partial charge in [-0.05, 0) is 157 Å². The molecule has 6 aromatic heterocycles. The second kappa shape index (κ2) is 25.2. The van der Waals surface area contributed by atoms with Gasteiger partial charge in [0, 0.05) is 86.8 Å². The molecule has 3 aliphatic rings. The van der Waals surface area contributed by atoms with Gasteiger partial charge in [0.1, 0.15) is 50.7 Å². The average Bonchev–Trinajstić information content (AvgIpc) is 0.817. The molecule has 90 heavy (non-hydrogen) atoms. The molecule has 0 aliphatic carbocycles. The van der Waals surface area contributed by atoms with Crippen LogP contribution >= 0.6 is 0 Å². The Morgan fingerprint density at radius 2 is 0.656 bits per heavy atom. The van der Waals surface area contributed by atoms with E-state index in [0.29, 0.717) is 125 Å². The first-order chi connectivity index (χ1) is 43.7. The van der Waals surface area contributed by atoms with E-state index in [1.54, 1.807) is 91.0 Å². The summed E-state index contributed by atoms with van der Waals surface area (Å²) < 4.78 is 33.0. The Bertz CT molecular complexity index is 5110. The van der Waals surface area contributed by atoms with E-state index in [4.69, 9.17) is 26.5 Å². The molecule has 0 unspecified atom stereocenters. The number of phenols is 3. The summed E-state index contributed by atoms with van der Waals surface area (Å²) in [7, 11) is 0. The molecule has 0 saturated carbocycles. The Labute approximate surface area is 512 Å². The van der Waals surface area contributed by atoms with Crippen molar-refractivity contribution in [2.75, 3.05) is 39.3 Å². The van der Waals surface area contributed by atoms with Gasteiger partial charge < -0.3 is 41.8 Å². The molecule has 3 fully saturated rings. The zero-order valence-electron chi connectivity index (χ0n) is 49.3. The third-order valence-electron chi connectivity index (χ3n) is 17.4. The van der Waals surface area contributed by atoms with Gasteiger partial charge in [-0.25, -0.2) is 28.8 Å². The number of benzene rings is 6. The van der Waals surface area contributed by atoms with Crippen LogP contribution in [0, 0.1) is 5.92 Å². The van der Waals surface area contributed by atoms with Crippen molar-refractivity contribution in [2.45, 2.75) is 71.5 Å². The van der Waals surface area contributed by atoms with Crippen LogP contribution in [0.2, 0.25) is 0 Å². The quantitative estimate of drug-likeness (QED) is 0.114. The lowest BCUT2D eigenvalue weighted by Crippen LogP contribution is -2.32. The van der Waals surface area contributed by atoms with Gasteiger partial charge in [0.25, 0.3) is 0 Å². The van der Waals surface area contributed by atoms with Crippen molar-refractivity contribution in [1.29, 1.82) is 0 Å². The predicted octanol–water partition coefficient (Wildman–Crippen LogP) is 12.6. The van der Waals surface area contributed by atoms with Crippen molar-refractivity contribution < 1.29 is 41.8 Å². The number of fused-ring (bicyclic) bond motifs is 6. The minimum atomic E-state index is -0.576. The fraction of sp³-hybridized carbons (Fsp3) is 0.250. The van der Waals surface area contributed by atoms with Crippen LogP contribution in [0.25, 0.3) is 99.2 Å². The van der Waals surface area contributed by atoms with Gasteiger partial charge in [-0.3, -0.25) is 14.7 Å². The molecular formula is C72H63N3O15. The summed E-state index contributed by atoms with van der Waals surface area (Å²) in [5.74, 6) is 0.931. The fourth-order valence-electron chi connectivity index (χ4n) is 12.6. The van der Waals surface area contributed by atoms with E-state index in [1.807, 2.05) is 36.4 Å². The number of nitrogens with zero attached hydrogens (tertiary/aromatic N) is 3. The zero-order chi connectivity index (χ0) is 62.2. The minimum absolute atomic E-state index is 0.0789. The van der Waals surface area contributed by atoms with Crippen LogP contribution in [0.4, 0.5) is 0 Å². The Kier molecular flexibility index (Phi) is 16.4. The van der Waals surface area contributed by atoms with Crippen molar-refractivity contribution in [3.05, 3.63) is 225 Å². The molecule has 6 aromatic carbocycles. The first kappa shape index (κ1) is 58.9. The first-order valence-electron chi connectivity index (χ1n) is 30.3. The Morgan fingerprint density at radius 3 is 0.989 bits per heavy atom. The fourth-order valence-corrected chi connectivity index (χ4v) is 12.6. The monoisotopic (exact) mass is 1210 g/mol. The normalized spacial score (nSPS) is 15.2. The average molecular weight is 1210 g/mol. The Hall–Kier alpha value is -10.1. The van der Waals surface area contributed by atoms with E-state index in [2.05, 4.69) is 21.6 Å². The smallest absolute Gasteiger partial charge is 0.344 e. The van der Waals surface area contributed by atoms with Crippen LogP contribution in [0.3, 0.4) is 0 Å². The highest BCUT2D eigenvalue weighted by molar-refractivity contribution is 5.99. The molecule has 3 saturated heterocycles. The zero-order valence-corrected chi connectivity index (χ0v) is 49.3. The molecule has 12 aromatic rings. The van der Waals surface area contributed by atoms with E-state index in [0.717, 1.165) is 94.0 Å². The van der Waals surface area contributed by atoms with E-state index >= 15 is 0 Å². The van der Waals surface area contributed by atoms with Crippen molar-refractivity contribution in [3.63, 3.8) is 0 Å². The summed E-state index contributed by atoms with van der Waals surface area (Å²) in [5.41, 5.74) is 3.02. The van der Waals surface area contributed by atoms with Gasteiger partial charge in [0.15, 0.2) is 0 Å². The highest BCUT2D eigenvalue weighted by Gasteiger charge is 2.25. The van der Waals surface area contributed by atoms with Gasteiger partial charge in [-0.1, -0.05) is 67.9 Å². The standard InChI is InChI=1S/C25H23NO5.C24H21NO5.C23H19NO5/c1-15-8-10-26(11-9-15)14-20-21(27)7-6-17-18(13-23(28)31-24(17)20)19-12-16-4-2-3-5-22(16)30-25(19)29;26-20-9-8-16-17(18-12-15-6-2-3-7-21(15)29-24(18)28)13-22(27)30-23(16)19(20)14-25-10-4-1-5-11-25;25-19-8-7-15-16(17-11-14-5-1-2-6-20(14)28-23(17)27)12-21(26)29-22(15)18(19)13-24-9-3-4-10-24/h2-7,12-13,15,27H,8-11,14H2,1H3;2-3,6-9,12-13,26H,1,4-5,10-11,14H2;1-2,5-8,11-12,25H,3-4,9-10,13H2. The summed E-state index contributed by atoms with van der Waals surface area (Å²) in [5, 5.41) is 35.6. The second-order valence-corrected chi connectivity index (χ2v) is 23.5. The van der Waals surface area contributed by atoms with Crippen LogP contribution in [0.1, 0.15) is 68.6 Å². The lowest BCUT2D eigenvalue weighted by Gasteiger charge is -2.30. The Morgan fingerprint density at radius 1 is 0.356 bits per heavy atom. The molecule has 456 valence electrons. The van der Waals surface area contributed by atoms with Crippen LogP contribution in [0.5, 0.6) is 17.2 Å². The van der Waals surface area contributed by atoms with Crippen molar-refractivity contribution in [2.24, 2.45) is 5.92 Å². The van der Waals surface area contributed by atoms with Gasteiger partial charge >= 0.3 is 33.8 Å². The van der Waals surface area contributed by atoms with E-state index in [-0.39, 0.29) is 17.2 Å². The van der Waals surface area contributed by atoms with Gasteiger partial charge in [-0.15, -0.1) is 0 Å². The van der Waals surface area contributed by atoms with Gasteiger partial charge in [0.2, 0.25) is 0 Å². The predicted molar refractivity (Wildman–Crippen MR) is 344 cm³/mol. The summed E-state index contributed by atoms with van der Waals surface area (Å²) in [6.07, 6.45) is 7.84. The van der Waals surface area contributed by atoms with Crippen LogP contribution in [-0.4, -0.2) is 69.3 Å². The summed E-state index contributed by atoms with van der Waals surface area (Å²) in [6.45, 7) is 9.31. The first-order valence-corrected chi connectivity index (χ1v) is 30.3. The maximum absolute atomic E-state index is 12.7. The molecule has 3 N–H and O–H groups in total. The number of aromatic hydroxyl groups is 3. The number of para-hydroxylation sites is 3. The maximum atomic E-state index is 12.7. The third kappa shape index (κ3) is 12.1. The molecule has 0 bridgehead atoms. The van der Waals surface area contributed by atoms with E-state index in [1.165, 1.54) is 24.6 Å². The number of likely N-dealkylation sites (tertiary alicyclic amines) is 3. The highest BCUT2D eigenvalue weighted by Crippen LogP contribution is 2.38. The van der Waals surface area contributed by atoms with Crippen molar-refractivity contribution in [3.8, 4) is 50.6 Å². The second-order valence-electron chi connectivity index (χ2n) is 23.5. The van der Waals surface area contributed by atoms with Gasteiger partial charge in [0.05, 0.1) is 33.4 Å². The van der Waals surface area contributed by atoms with Gasteiger partial charge in [-0.2, -0.15) is 0 Å². The maximum Gasteiger partial charge on any atom is 0.344 e. The van der Waals surface area contributed by atoms with Crippen molar-refractivity contribution >= 4 is 65.8 Å². The molecular weight excluding hydrogens is 1150 g/mol. The Balaban J connectivity index is 0.000000124. The minimum Gasteiger partial charge on any atom is -0.507 e. The molecule has 18 nitrogen and oxygen atoms in total. The van der Waals surface area contributed by atoms with Crippen LogP contribution < -0.4 is 33.8 Å². The molecule has 18 heteroatoms. The molecule has 9 heterocycles. The van der Waals surface area contributed by atoms with Crippen LogP contribution in [-0.2, 0) is 19.6 Å². The molecule has 0 spiro atoms. The lowest BCUT2D eigenvalue weighted by atomic mass is 9.97. The molecule has 15 rings (SSSR count).